The Morgan fingerprint density at radius 2 is 1.67 bits per heavy atom. The summed E-state index contributed by atoms with van der Waals surface area (Å²) in [6.07, 6.45) is 3.00. The van der Waals surface area contributed by atoms with Crippen LogP contribution >= 0.6 is 0 Å². The molecule has 2 rings (SSSR count). The van der Waals surface area contributed by atoms with Crippen molar-refractivity contribution in [3.8, 4) is 5.75 Å². The average Bonchev–Trinajstić information content (AvgIpc) is 2.71. The van der Waals surface area contributed by atoms with Gasteiger partial charge >= 0.3 is 5.97 Å². The summed E-state index contributed by atoms with van der Waals surface area (Å²) in [5.41, 5.74) is 2.15. The highest BCUT2D eigenvalue weighted by molar-refractivity contribution is 6.30. The van der Waals surface area contributed by atoms with Gasteiger partial charge in [0, 0.05) is 5.57 Å². The number of rotatable bonds is 9. The second-order valence-corrected chi connectivity index (χ2v) is 6.15. The lowest BCUT2D eigenvalue weighted by molar-refractivity contribution is -0.150. The molecule has 4 nitrogen and oxygen atoms in total. The second kappa shape index (κ2) is 10.3. The van der Waals surface area contributed by atoms with E-state index in [1.165, 1.54) is 0 Å². The van der Waals surface area contributed by atoms with Crippen LogP contribution in [0.15, 0.2) is 54.6 Å². The fourth-order valence-corrected chi connectivity index (χ4v) is 2.86. The number of carbonyl (C=O) groups is 2. The van der Waals surface area contributed by atoms with E-state index >= 15 is 0 Å². The van der Waals surface area contributed by atoms with Gasteiger partial charge in [-0.2, -0.15) is 0 Å². The molecule has 0 heterocycles. The molecule has 4 heteroatoms. The van der Waals surface area contributed by atoms with Crippen LogP contribution in [0.25, 0.3) is 11.6 Å². The zero-order valence-electron chi connectivity index (χ0n) is 16.1. The Balaban J connectivity index is 2.46. The number of benzene rings is 2. The third kappa shape index (κ3) is 5.55. The van der Waals surface area contributed by atoms with Crippen LogP contribution in [-0.4, -0.2) is 25.5 Å². The number of allylic oxidation sites excluding steroid dienone is 1. The van der Waals surface area contributed by atoms with Gasteiger partial charge in [0.25, 0.3) is 0 Å². The van der Waals surface area contributed by atoms with Crippen molar-refractivity contribution in [3.63, 3.8) is 0 Å². The first-order valence-corrected chi connectivity index (χ1v) is 9.22. The molecule has 0 radical (unpaired) electrons. The van der Waals surface area contributed by atoms with E-state index in [2.05, 4.69) is 0 Å². The fourth-order valence-electron chi connectivity index (χ4n) is 2.86. The number of hydrogen-bond donors (Lipinski definition) is 0. The fraction of sp³-hybridized carbons (Fsp3) is 0.304. The summed E-state index contributed by atoms with van der Waals surface area (Å²) < 4.78 is 10.3. The summed E-state index contributed by atoms with van der Waals surface area (Å²) >= 11 is 0. The van der Waals surface area contributed by atoms with Gasteiger partial charge < -0.3 is 9.47 Å². The number of esters is 1. The molecule has 0 aliphatic rings. The summed E-state index contributed by atoms with van der Waals surface area (Å²) in [5, 5.41) is 0. The van der Waals surface area contributed by atoms with Gasteiger partial charge in [0.15, 0.2) is 5.78 Å². The molecule has 0 aliphatic heterocycles. The highest BCUT2D eigenvalue weighted by atomic mass is 16.5. The molecule has 0 aromatic heterocycles. The Hall–Kier alpha value is -2.88. The summed E-state index contributed by atoms with van der Waals surface area (Å²) in [4.78, 5) is 25.6. The van der Waals surface area contributed by atoms with E-state index in [-0.39, 0.29) is 12.4 Å². The zero-order chi connectivity index (χ0) is 19.6. The first-order chi connectivity index (χ1) is 13.1. The molecule has 0 spiro atoms. The summed E-state index contributed by atoms with van der Waals surface area (Å²) in [5.74, 6) is -0.715. The summed E-state index contributed by atoms with van der Waals surface area (Å²) in [7, 11) is 1.61. The highest BCUT2D eigenvalue weighted by Crippen LogP contribution is 2.26. The van der Waals surface area contributed by atoms with Gasteiger partial charge in [-0.25, -0.2) is 0 Å². The molecular formula is C23H26O4. The Kier molecular flexibility index (Phi) is 7.80. The minimum absolute atomic E-state index is 0.211. The van der Waals surface area contributed by atoms with Crippen molar-refractivity contribution in [3.05, 3.63) is 65.7 Å². The molecule has 0 N–H and O–H groups in total. The maximum absolute atomic E-state index is 13.3. The highest BCUT2D eigenvalue weighted by Gasteiger charge is 2.30. The number of ether oxygens (including phenoxy) is 2. The van der Waals surface area contributed by atoms with E-state index < -0.39 is 11.9 Å². The lowest BCUT2D eigenvalue weighted by Crippen LogP contribution is -2.27. The van der Waals surface area contributed by atoms with Crippen molar-refractivity contribution in [2.75, 3.05) is 13.7 Å². The van der Waals surface area contributed by atoms with Gasteiger partial charge in [0.1, 0.15) is 11.7 Å². The lowest BCUT2D eigenvalue weighted by Gasteiger charge is -2.16. The van der Waals surface area contributed by atoms with Crippen LogP contribution in [0, 0.1) is 5.92 Å². The van der Waals surface area contributed by atoms with Crippen LogP contribution in [0.4, 0.5) is 0 Å². The van der Waals surface area contributed by atoms with E-state index in [1.54, 1.807) is 14.0 Å². The summed E-state index contributed by atoms with van der Waals surface area (Å²) in [6.45, 7) is 3.96. The van der Waals surface area contributed by atoms with Crippen molar-refractivity contribution >= 4 is 23.4 Å². The van der Waals surface area contributed by atoms with Crippen LogP contribution in [-0.2, 0) is 14.3 Å². The first-order valence-electron chi connectivity index (χ1n) is 9.22. The molecule has 0 saturated heterocycles. The molecule has 2 aromatic carbocycles. The van der Waals surface area contributed by atoms with Crippen molar-refractivity contribution in [2.24, 2.45) is 5.92 Å². The van der Waals surface area contributed by atoms with Gasteiger partial charge in [0.2, 0.25) is 0 Å². The smallest absolute Gasteiger partial charge is 0.316 e. The molecule has 0 saturated carbocycles. The Morgan fingerprint density at radius 1 is 1.00 bits per heavy atom. The number of hydrogen-bond acceptors (Lipinski definition) is 4. The Bertz CT molecular complexity index is 776. The third-order valence-electron chi connectivity index (χ3n) is 4.24. The van der Waals surface area contributed by atoms with Gasteiger partial charge in [-0.3, -0.25) is 9.59 Å². The molecule has 27 heavy (non-hydrogen) atoms. The topological polar surface area (TPSA) is 52.6 Å². The first kappa shape index (κ1) is 20.4. The van der Waals surface area contributed by atoms with E-state index in [1.807, 2.05) is 67.6 Å². The standard InChI is InChI=1S/C23H26O4/c1-4-9-20(23(25)27-5-2)22(24)21(18-10-7-6-8-11-18)16-17-12-14-19(26-3)15-13-17/h6-8,10-16,20H,4-5,9H2,1-3H3/b21-16+. The van der Waals surface area contributed by atoms with Crippen LogP contribution in [0.3, 0.4) is 0 Å². The van der Waals surface area contributed by atoms with Crippen molar-refractivity contribution in [1.29, 1.82) is 0 Å². The molecule has 0 bridgehead atoms. The van der Waals surface area contributed by atoms with Gasteiger partial charge in [-0.15, -0.1) is 0 Å². The predicted molar refractivity (Wildman–Crippen MR) is 107 cm³/mol. The van der Waals surface area contributed by atoms with Gasteiger partial charge in [0.05, 0.1) is 13.7 Å². The van der Waals surface area contributed by atoms with Gasteiger partial charge in [-0.1, -0.05) is 55.8 Å². The van der Waals surface area contributed by atoms with Gasteiger partial charge in [-0.05, 0) is 42.7 Å². The van der Waals surface area contributed by atoms with Crippen LogP contribution in [0.2, 0.25) is 0 Å². The van der Waals surface area contributed by atoms with Crippen molar-refractivity contribution in [2.45, 2.75) is 26.7 Å². The van der Waals surface area contributed by atoms with Crippen molar-refractivity contribution < 1.29 is 19.1 Å². The quantitative estimate of drug-likeness (QED) is 0.277. The zero-order valence-corrected chi connectivity index (χ0v) is 16.1. The third-order valence-corrected chi connectivity index (χ3v) is 4.24. The minimum Gasteiger partial charge on any atom is -0.497 e. The molecule has 0 fully saturated rings. The number of carbonyl (C=O) groups excluding carboxylic acids is 2. The van der Waals surface area contributed by atoms with Crippen LogP contribution in [0.1, 0.15) is 37.8 Å². The Labute approximate surface area is 160 Å². The second-order valence-electron chi connectivity index (χ2n) is 6.15. The Morgan fingerprint density at radius 3 is 2.22 bits per heavy atom. The molecule has 0 amide bonds. The molecule has 1 unspecified atom stereocenters. The van der Waals surface area contributed by atoms with Crippen LogP contribution < -0.4 is 4.74 Å². The SMILES string of the molecule is CCCC(C(=O)OCC)C(=O)/C(=C/c1ccc(OC)cc1)c1ccccc1. The predicted octanol–water partition coefficient (Wildman–Crippen LogP) is 4.78. The molecule has 2 aromatic rings. The number of methoxy groups -OCH3 is 1. The van der Waals surface area contributed by atoms with E-state index in [0.29, 0.717) is 12.0 Å². The van der Waals surface area contributed by atoms with E-state index in [9.17, 15) is 9.59 Å². The molecule has 0 aliphatic carbocycles. The number of Topliss-reactive ketones (excluding diaryl/α,β-unsaturated/α-hetero) is 1. The summed E-state index contributed by atoms with van der Waals surface area (Å²) in [6, 6.07) is 16.9. The average molecular weight is 366 g/mol. The monoisotopic (exact) mass is 366 g/mol. The molecule has 1 atom stereocenters. The largest absolute Gasteiger partial charge is 0.497 e. The maximum Gasteiger partial charge on any atom is 0.316 e. The lowest BCUT2D eigenvalue weighted by atomic mass is 9.88. The van der Waals surface area contributed by atoms with Crippen molar-refractivity contribution in [1.82, 2.24) is 0 Å². The minimum atomic E-state index is -0.792. The molecule has 142 valence electrons. The maximum atomic E-state index is 13.3. The number of ketones is 1. The normalized spacial score (nSPS) is 12.3. The molecular weight excluding hydrogens is 340 g/mol. The van der Waals surface area contributed by atoms with Crippen LogP contribution in [0.5, 0.6) is 5.75 Å². The van der Waals surface area contributed by atoms with E-state index in [0.717, 1.165) is 23.3 Å². The van der Waals surface area contributed by atoms with E-state index in [4.69, 9.17) is 9.47 Å².